The van der Waals surface area contributed by atoms with E-state index in [0.717, 1.165) is 22.2 Å². The van der Waals surface area contributed by atoms with Gasteiger partial charge in [-0.2, -0.15) is 5.10 Å². The van der Waals surface area contributed by atoms with Gasteiger partial charge in [0, 0.05) is 42.2 Å². The average Bonchev–Trinajstić information content (AvgIpc) is 2.84. The van der Waals surface area contributed by atoms with E-state index in [1.807, 2.05) is 25.6 Å². The first-order valence-electron chi connectivity index (χ1n) is 4.86. The van der Waals surface area contributed by atoms with E-state index in [4.69, 9.17) is 11.6 Å². The molecule has 0 fully saturated rings. The molecule has 0 atom stereocenters. The van der Waals surface area contributed by atoms with Crippen molar-refractivity contribution in [3.8, 4) is 11.1 Å². The van der Waals surface area contributed by atoms with E-state index in [2.05, 4.69) is 15.1 Å². The van der Waals surface area contributed by atoms with E-state index in [1.165, 1.54) is 0 Å². The van der Waals surface area contributed by atoms with E-state index < -0.39 is 0 Å². The van der Waals surface area contributed by atoms with Gasteiger partial charge in [0.05, 0.1) is 11.2 Å². The van der Waals surface area contributed by atoms with Crippen LogP contribution >= 0.6 is 11.6 Å². The zero-order chi connectivity index (χ0) is 11.1. The molecular formula is C11H9ClN4. The monoisotopic (exact) mass is 232 g/mol. The molecule has 16 heavy (non-hydrogen) atoms. The van der Waals surface area contributed by atoms with Crippen LogP contribution in [0.25, 0.3) is 22.2 Å². The maximum atomic E-state index is 6.17. The van der Waals surface area contributed by atoms with E-state index in [0.29, 0.717) is 5.02 Å². The van der Waals surface area contributed by atoms with Crippen molar-refractivity contribution in [2.24, 2.45) is 7.05 Å². The number of halogens is 1. The smallest absolute Gasteiger partial charge is 0.139 e. The molecule has 0 saturated heterocycles. The van der Waals surface area contributed by atoms with E-state index >= 15 is 0 Å². The molecule has 1 N–H and O–H groups in total. The lowest BCUT2D eigenvalue weighted by Gasteiger charge is -1.96. The summed E-state index contributed by atoms with van der Waals surface area (Å²) in [5.74, 6) is 0. The Kier molecular flexibility index (Phi) is 1.97. The second-order valence-corrected chi connectivity index (χ2v) is 4.03. The molecule has 5 heteroatoms. The highest BCUT2D eigenvalue weighted by Crippen LogP contribution is 2.32. The van der Waals surface area contributed by atoms with E-state index in [-0.39, 0.29) is 0 Å². The zero-order valence-corrected chi connectivity index (χ0v) is 9.36. The van der Waals surface area contributed by atoms with Gasteiger partial charge in [-0.05, 0) is 6.07 Å². The van der Waals surface area contributed by atoms with Crippen LogP contribution < -0.4 is 0 Å². The Bertz CT molecular complexity index is 653. The molecule has 3 aromatic rings. The lowest BCUT2D eigenvalue weighted by atomic mass is 10.1. The third kappa shape index (κ3) is 1.31. The number of rotatable bonds is 1. The van der Waals surface area contributed by atoms with Gasteiger partial charge in [-0.25, -0.2) is 4.98 Å². The van der Waals surface area contributed by atoms with Crippen LogP contribution in [0.15, 0.2) is 30.9 Å². The first-order chi connectivity index (χ1) is 7.75. The van der Waals surface area contributed by atoms with Crippen LogP contribution in [0.4, 0.5) is 0 Å². The zero-order valence-electron chi connectivity index (χ0n) is 8.61. The number of nitrogens with zero attached hydrogens (tertiary/aromatic N) is 3. The summed E-state index contributed by atoms with van der Waals surface area (Å²) >= 11 is 6.17. The fourth-order valence-corrected chi connectivity index (χ4v) is 2.05. The number of hydrogen-bond donors (Lipinski definition) is 1. The van der Waals surface area contributed by atoms with Crippen molar-refractivity contribution < 1.29 is 0 Å². The van der Waals surface area contributed by atoms with Crippen molar-refractivity contribution in [3.05, 3.63) is 35.9 Å². The first-order valence-corrected chi connectivity index (χ1v) is 5.24. The standard InChI is InChI=1S/C11H9ClN4/c1-16-6-7(4-15-16)8-5-14-11-10(8)9(12)2-3-13-11/h2-6H,1H3,(H,13,14). The quantitative estimate of drug-likeness (QED) is 0.701. The number of aromatic amines is 1. The number of fused-ring (bicyclic) bond motifs is 1. The number of aromatic nitrogens is 4. The molecule has 0 amide bonds. The highest BCUT2D eigenvalue weighted by atomic mass is 35.5. The molecule has 0 unspecified atom stereocenters. The Hall–Kier alpha value is -1.81. The fraction of sp³-hybridized carbons (Fsp3) is 0.0909. The Balaban J connectivity index is 2.32. The second kappa shape index (κ2) is 3.35. The molecule has 0 aliphatic heterocycles. The van der Waals surface area contributed by atoms with Crippen LogP contribution in [0.5, 0.6) is 0 Å². The van der Waals surface area contributed by atoms with Crippen molar-refractivity contribution in [2.45, 2.75) is 0 Å². The predicted molar refractivity (Wildman–Crippen MR) is 63.3 cm³/mol. The normalized spacial score (nSPS) is 11.1. The molecule has 80 valence electrons. The largest absolute Gasteiger partial charge is 0.345 e. The summed E-state index contributed by atoms with van der Waals surface area (Å²) in [6.45, 7) is 0. The molecule has 0 radical (unpaired) electrons. The molecule has 0 bridgehead atoms. The van der Waals surface area contributed by atoms with E-state index in [9.17, 15) is 0 Å². The lowest BCUT2D eigenvalue weighted by Crippen LogP contribution is -1.84. The Morgan fingerprint density at radius 3 is 3.06 bits per heavy atom. The molecule has 0 aliphatic rings. The van der Waals surface area contributed by atoms with Gasteiger partial charge >= 0.3 is 0 Å². The molecule has 3 aromatic heterocycles. The van der Waals surface area contributed by atoms with Gasteiger partial charge in [0.2, 0.25) is 0 Å². The van der Waals surface area contributed by atoms with Gasteiger partial charge in [0.15, 0.2) is 0 Å². The molecule has 0 aliphatic carbocycles. The third-order valence-corrected chi connectivity index (χ3v) is 2.85. The molecule has 0 spiro atoms. The van der Waals surface area contributed by atoms with Crippen LogP contribution in [-0.2, 0) is 7.05 Å². The fourth-order valence-electron chi connectivity index (χ4n) is 1.80. The lowest BCUT2D eigenvalue weighted by molar-refractivity contribution is 0.768. The minimum Gasteiger partial charge on any atom is -0.345 e. The van der Waals surface area contributed by atoms with Gasteiger partial charge in [0.25, 0.3) is 0 Å². The Morgan fingerprint density at radius 2 is 2.31 bits per heavy atom. The number of nitrogens with one attached hydrogen (secondary N) is 1. The maximum Gasteiger partial charge on any atom is 0.139 e. The Labute approximate surface area is 96.9 Å². The van der Waals surface area contributed by atoms with Gasteiger partial charge in [-0.15, -0.1) is 0 Å². The van der Waals surface area contributed by atoms with Gasteiger partial charge < -0.3 is 4.98 Å². The topological polar surface area (TPSA) is 46.5 Å². The number of aryl methyl sites for hydroxylation is 1. The molecular weight excluding hydrogens is 224 g/mol. The molecule has 0 aromatic carbocycles. The van der Waals surface area contributed by atoms with Gasteiger partial charge in [-0.3, -0.25) is 4.68 Å². The predicted octanol–water partition coefficient (Wildman–Crippen LogP) is 2.62. The minimum absolute atomic E-state index is 0.699. The van der Waals surface area contributed by atoms with Crippen LogP contribution in [0.3, 0.4) is 0 Å². The molecule has 4 nitrogen and oxygen atoms in total. The summed E-state index contributed by atoms with van der Waals surface area (Å²) in [6, 6.07) is 1.79. The third-order valence-electron chi connectivity index (χ3n) is 2.54. The summed E-state index contributed by atoms with van der Waals surface area (Å²) in [4.78, 5) is 7.33. The molecule has 0 saturated carbocycles. The molecule has 3 heterocycles. The summed E-state index contributed by atoms with van der Waals surface area (Å²) < 4.78 is 1.76. The number of pyridine rings is 1. The number of hydrogen-bond acceptors (Lipinski definition) is 2. The summed E-state index contributed by atoms with van der Waals surface area (Å²) in [5, 5.41) is 5.79. The highest BCUT2D eigenvalue weighted by molar-refractivity contribution is 6.36. The van der Waals surface area contributed by atoms with Gasteiger partial charge in [-0.1, -0.05) is 11.6 Å². The van der Waals surface area contributed by atoms with Crippen molar-refractivity contribution >= 4 is 22.6 Å². The maximum absolute atomic E-state index is 6.17. The second-order valence-electron chi connectivity index (χ2n) is 3.62. The van der Waals surface area contributed by atoms with Crippen molar-refractivity contribution in [1.29, 1.82) is 0 Å². The first kappa shape index (κ1) is 9.42. The summed E-state index contributed by atoms with van der Waals surface area (Å²) in [6.07, 6.45) is 7.35. The van der Waals surface area contributed by atoms with Gasteiger partial charge in [0.1, 0.15) is 5.65 Å². The van der Waals surface area contributed by atoms with E-state index in [1.54, 1.807) is 16.9 Å². The highest BCUT2D eigenvalue weighted by Gasteiger charge is 2.11. The average molecular weight is 233 g/mol. The van der Waals surface area contributed by atoms with Crippen molar-refractivity contribution in [2.75, 3.05) is 0 Å². The molecule has 3 rings (SSSR count). The Morgan fingerprint density at radius 1 is 1.44 bits per heavy atom. The minimum atomic E-state index is 0.699. The number of H-pyrrole nitrogens is 1. The SMILES string of the molecule is Cn1cc(-c2c[nH]c3nccc(Cl)c23)cn1. The van der Waals surface area contributed by atoms with Crippen LogP contribution in [0.1, 0.15) is 0 Å². The van der Waals surface area contributed by atoms with Crippen LogP contribution in [0.2, 0.25) is 5.02 Å². The van der Waals surface area contributed by atoms with Crippen LogP contribution in [-0.4, -0.2) is 19.7 Å². The van der Waals surface area contributed by atoms with Crippen molar-refractivity contribution in [3.63, 3.8) is 0 Å². The van der Waals surface area contributed by atoms with Crippen LogP contribution in [0, 0.1) is 0 Å². The summed E-state index contributed by atoms with van der Waals surface area (Å²) in [7, 11) is 1.89. The summed E-state index contributed by atoms with van der Waals surface area (Å²) in [5.41, 5.74) is 2.86. The van der Waals surface area contributed by atoms with Crippen molar-refractivity contribution in [1.82, 2.24) is 19.7 Å².